The second-order valence-corrected chi connectivity index (χ2v) is 4.53. The summed E-state index contributed by atoms with van der Waals surface area (Å²) < 4.78 is 0. The Bertz CT molecular complexity index is 490. The highest BCUT2D eigenvalue weighted by molar-refractivity contribution is 5.93. The van der Waals surface area contributed by atoms with Crippen molar-refractivity contribution < 1.29 is 14.7 Å². The molecule has 0 saturated carbocycles. The van der Waals surface area contributed by atoms with Gasteiger partial charge in [-0.05, 0) is 18.6 Å². The van der Waals surface area contributed by atoms with E-state index in [9.17, 15) is 14.7 Å². The van der Waals surface area contributed by atoms with Crippen molar-refractivity contribution in [3.63, 3.8) is 0 Å². The van der Waals surface area contributed by atoms with Crippen LogP contribution in [0.2, 0.25) is 0 Å². The summed E-state index contributed by atoms with van der Waals surface area (Å²) in [5, 5.41) is 9.18. The van der Waals surface area contributed by atoms with Crippen LogP contribution >= 0.6 is 0 Å². The molecule has 2 heterocycles. The maximum absolute atomic E-state index is 11.4. The fourth-order valence-corrected chi connectivity index (χ4v) is 2.26. The lowest BCUT2D eigenvalue weighted by Crippen LogP contribution is -2.34. The average molecular weight is 263 g/mol. The van der Waals surface area contributed by atoms with Crippen molar-refractivity contribution in [1.29, 1.82) is 0 Å². The van der Waals surface area contributed by atoms with Gasteiger partial charge in [0.2, 0.25) is 5.91 Å². The number of rotatable bonds is 2. The van der Waals surface area contributed by atoms with Crippen LogP contribution in [0.3, 0.4) is 0 Å². The molecule has 0 aliphatic carbocycles. The first-order valence-corrected chi connectivity index (χ1v) is 6.28. The molecule has 1 aromatic heterocycles. The van der Waals surface area contributed by atoms with Gasteiger partial charge in [0.15, 0.2) is 0 Å². The molecule has 0 atom stereocenters. The molecule has 102 valence electrons. The molecular formula is C13H17N3O3. The zero-order valence-corrected chi connectivity index (χ0v) is 10.9. The van der Waals surface area contributed by atoms with Crippen LogP contribution in [-0.4, -0.2) is 53.0 Å². The molecule has 0 bridgehead atoms. The number of carbonyl (C=O) groups excluding carboxylic acids is 1. The van der Waals surface area contributed by atoms with Crippen molar-refractivity contribution in [2.45, 2.75) is 13.3 Å². The molecule has 2 rings (SSSR count). The van der Waals surface area contributed by atoms with Crippen molar-refractivity contribution in [1.82, 2.24) is 9.88 Å². The number of amides is 1. The Morgan fingerprint density at radius 3 is 2.74 bits per heavy atom. The molecule has 1 aliphatic heterocycles. The van der Waals surface area contributed by atoms with E-state index in [1.807, 2.05) is 4.90 Å². The number of carbonyl (C=O) groups is 2. The second kappa shape index (κ2) is 5.69. The lowest BCUT2D eigenvalue weighted by atomic mass is 10.2. The molecular weight excluding hydrogens is 246 g/mol. The van der Waals surface area contributed by atoms with E-state index >= 15 is 0 Å². The van der Waals surface area contributed by atoms with E-state index in [1.165, 1.54) is 0 Å². The number of anilines is 1. The Balaban J connectivity index is 2.19. The summed E-state index contributed by atoms with van der Waals surface area (Å²) in [5.74, 6) is -0.433. The number of carboxylic acids is 1. The first-order chi connectivity index (χ1) is 9.09. The number of aromatic nitrogens is 1. The van der Waals surface area contributed by atoms with Gasteiger partial charge in [-0.1, -0.05) is 0 Å². The van der Waals surface area contributed by atoms with Gasteiger partial charge in [0.25, 0.3) is 0 Å². The molecule has 0 radical (unpaired) electrons. The van der Waals surface area contributed by atoms with Crippen LogP contribution in [0.1, 0.15) is 23.7 Å². The molecule has 0 aromatic carbocycles. The van der Waals surface area contributed by atoms with Crippen LogP contribution < -0.4 is 4.90 Å². The van der Waals surface area contributed by atoms with Crippen LogP contribution in [-0.2, 0) is 4.79 Å². The smallest absolute Gasteiger partial charge is 0.339 e. The van der Waals surface area contributed by atoms with E-state index in [4.69, 9.17) is 0 Å². The van der Waals surface area contributed by atoms with Gasteiger partial charge in [0.05, 0.1) is 0 Å². The van der Waals surface area contributed by atoms with Gasteiger partial charge < -0.3 is 14.9 Å². The maximum Gasteiger partial charge on any atom is 0.339 e. The Morgan fingerprint density at radius 1 is 1.26 bits per heavy atom. The molecule has 6 nitrogen and oxygen atoms in total. The fourth-order valence-electron chi connectivity index (χ4n) is 2.26. The average Bonchev–Trinajstić information content (AvgIpc) is 2.64. The van der Waals surface area contributed by atoms with Gasteiger partial charge in [-0.25, -0.2) is 9.78 Å². The van der Waals surface area contributed by atoms with Gasteiger partial charge in [-0.2, -0.15) is 0 Å². The van der Waals surface area contributed by atoms with Crippen LogP contribution in [0.25, 0.3) is 0 Å². The maximum atomic E-state index is 11.4. The van der Waals surface area contributed by atoms with Gasteiger partial charge >= 0.3 is 5.97 Å². The van der Waals surface area contributed by atoms with Crippen LogP contribution in [0.4, 0.5) is 5.82 Å². The van der Waals surface area contributed by atoms with Gasteiger partial charge in [-0.3, -0.25) is 4.79 Å². The molecule has 1 aliphatic rings. The molecule has 1 N–H and O–H groups in total. The minimum atomic E-state index is -0.976. The standard InChI is InChI=1S/C13H17N3O3/c1-10(17)15-6-3-7-16(9-8-15)12-11(13(18)19)4-2-5-14-12/h2,4-5H,3,6-9H2,1H3,(H,18,19). The first-order valence-electron chi connectivity index (χ1n) is 6.28. The Labute approximate surface area is 111 Å². The summed E-state index contributed by atoms with van der Waals surface area (Å²) in [5.41, 5.74) is 0.207. The number of hydrogen-bond donors (Lipinski definition) is 1. The van der Waals surface area contributed by atoms with Gasteiger partial charge in [0.1, 0.15) is 11.4 Å². The van der Waals surface area contributed by atoms with Crippen LogP contribution in [0.5, 0.6) is 0 Å². The minimum Gasteiger partial charge on any atom is -0.478 e. The summed E-state index contributed by atoms with van der Waals surface area (Å²) in [6.45, 7) is 4.18. The highest BCUT2D eigenvalue weighted by Crippen LogP contribution is 2.19. The van der Waals surface area contributed by atoms with Gasteiger partial charge in [-0.15, -0.1) is 0 Å². The molecule has 1 amide bonds. The predicted octanol–water partition coefficient (Wildman–Crippen LogP) is 0.838. The lowest BCUT2D eigenvalue weighted by Gasteiger charge is -2.23. The van der Waals surface area contributed by atoms with E-state index in [0.717, 1.165) is 6.42 Å². The topological polar surface area (TPSA) is 73.7 Å². The van der Waals surface area contributed by atoms with Gasteiger partial charge in [0, 0.05) is 39.3 Å². The third-order valence-electron chi connectivity index (χ3n) is 3.26. The van der Waals surface area contributed by atoms with Crippen molar-refractivity contribution >= 4 is 17.7 Å². The van der Waals surface area contributed by atoms with E-state index < -0.39 is 5.97 Å². The highest BCUT2D eigenvalue weighted by Gasteiger charge is 2.21. The summed E-state index contributed by atoms with van der Waals surface area (Å²) >= 11 is 0. The van der Waals surface area contributed by atoms with E-state index in [1.54, 1.807) is 30.2 Å². The molecule has 1 fully saturated rings. The SMILES string of the molecule is CC(=O)N1CCCN(c2ncccc2C(=O)O)CC1. The van der Waals surface area contributed by atoms with Crippen molar-refractivity contribution in [2.75, 3.05) is 31.1 Å². The van der Waals surface area contributed by atoms with Crippen molar-refractivity contribution in [3.05, 3.63) is 23.9 Å². The van der Waals surface area contributed by atoms with Crippen LogP contribution in [0, 0.1) is 0 Å². The number of aromatic carboxylic acids is 1. The second-order valence-electron chi connectivity index (χ2n) is 4.53. The quantitative estimate of drug-likeness (QED) is 0.855. The largest absolute Gasteiger partial charge is 0.478 e. The van der Waals surface area contributed by atoms with E-state index in [2.05, 4.69) is 4.98 Å². The summed E-state index contributed by atoms with van der Waals surface area (Å²) in [6.07, 6.45) is 2.41. The number of hydrogen-bond acceptors (Lipinski definition) is 4. The zero-order valence-electron chi connectivity index (χ0n) is 10.9. The molecule has 0 spiro atoms. The first kappa shape index (κ1) is 13.3. The third kappa shape index (κ3) is 3.01. The van der Waals surface area contributed by atoms with Crippen molar-refractivity contribution in [2.24, 2.45) is 0 Å². The summed E-state index contributed by atoms with van der Waals surface area (Å²) in [6, 6.07) is 3.17. The molecule has 19 heavy (non-hydrogen) atoms. The predicted molar refractivity (Wildman–Crippen MR) is 70.3 cm³/mol. The molecule has 6 heteroatoms. The Morgan fingerprint density at radius 2 is 2.05 bits per heavy atom. The molecule has 1 aromatic rings. The number of nitrogens with zero attached hydrogens (tertiary/aromatic N) is 3. The monoisotopic (exact) mass is 263 g/mol. The number of pyridine rings is 1. The minimum absolute atomic E-state index is 0.0568. The third-order valence-corrected chi connectivity index (χ3v) is 3.26. The van der Waals surface area contributed by atoms with E-state index in [-0.39, 0.29) is 11.5 Å². The molecule has 0 unspecified atom stereocenters. The Kier molecular flexibility index (Phi) is 3.99. The summed E-state index contributed by atoms with van der Waals surface area (Å²) in [4.78, 5) is 30.5. The number of carboxylic acid groups (broad SMARTS) is 1. The normalized spacial score (nSPS) is 16.1. The Hall–Kier alpha value is -2.11. The lowest BCUT2D eigenvalue weighted by molar-refractivity contribution is -0.128. The highest BCUT2D eigenvalue weighted by atomic mass is 16.4. The zero-order chi connectivity index (χ0) is 13.8. The van der Waals surface area contributed by atoms with Crippen molar-refractivity contribution in [3.8, 4) is 0 Å². The van der Waals surface area contributed by atoms with Crippen LogP contribution in [0.15, 0.2) is 18.3 Å². The molecule has 1 saturated heterocycles. The van der Waals surface area contributed by atoms with E-state index in [0.29, 0.717) is 32.0 Å². The fraction of sp³-hybridized carbons (Fsp3) is 0.462. The summed E-state index contributed by atoms with van der Waals surface area (Å²) in [7, 11) is 0.